The molecule has 2 nitrogen and oxygen atoms in total. The van der Waals surface area contributed by atoms with Crippen molar-refractivity contribution in [1.82, 2.24) is 0 Å². The van der Waals surface area contributed by atoms with E-state index in [1.54, 1.807) is 6.07 Å². The molecular formula is C12H13FO2. The molecule has 0 aromatic heterocycles. The second kappa shape index (κ2) is 3.65. The molecule has 1 N–H and O–H groups in total. The van der Waals surface area contributed by atoms with Gasteiger partial charge in [-0.2, -0.15) is 0 Å². The minimum absolute atomic E-state index is 0.0341. The Balaban J connectivity index is 2.37. The largest absolute Gasteiger partial charge is 0.481 e. The molecule has 1 aliphatic rings. The van der Waals surface area contributed by atoms with Crippen molar-refractivity contribution in [2.45, 2.75) is 25.7 Å². The molecule has 3 heteroatoms. The molecule has 15 heavy (non-hydrogen) atoms. The van der Waals surface area contributed by atoms with E-state index >= 15 is 0 Å². The molecule has 1 aromatic rings. The van der Waals surface area contributed by atoms with Crippen molar-refractivity contribution in [3.63, 3.8) is 0 Å². The Labute approximate surface area is 87.7 Å². The van der Waals surface area contributed by atoms with Crippen LogP contribution in [0.5, 0.6) is 0 Å². The van der Waals surface area contributed by atoms with Gasteiger partial charge in [0.25, 0.3) is 0 Å². The van der Waals surface area contributed by atoms with Crippen molar-refractivity contribution >= 4 is 5.97 Å². The fraction of sp³-hybridized carbons (Fsp3) is 0.417. The van der Waals surface area contributed by atoms with Crippen LogP contribution in [0.25, 0.3) is 0 Å². The fourth-order valence-electron chi connectivity index (χ4n) is 2.41. The summed E-state index contributed by atoms with van der Waals surface area (Å²) in [6.45, 7) is 1.98. The summed E-state index contributed by atoms with van der Waals surface area (Å²) in [5, 5.41) is 8.79. The minimum Gasteiger partial charge on any atom is -0.481 e. The van der Waals surface area contributed by atoms with Gasteiger partial charge in [0.05, 0.1) is 6.42 Å². The highest BCUT2D eigenvalue weighted by atomic mass is 19.1. The van der Waals surface area contributed by atoms with E-state index in [0.29, 0.717) is 12.0 Å². The zero-order chi connectivity index (χ0) is 11.0. The molecule has 0 radical (unpaired) electrons. The van der Waals surface area contributed by atoms with Crippen molar-refractivity contribution in [2.75, 3.05) is 0 Å². The van der Waals surface area contributed by atoms with Crippen LogP contribution in [0.15, 0.2) is 18.2 Å². The van der Waals surface area contributed by atoms with Gasteiger partial charge in [0.1, 0.15) is 5.82 Å². The summed E-state index contributed by atoms with van der Waals surface area (Å²) in [4.78, 5) is 10.7. The summed E-state index contributed by atoms with van der Waals surface area (Å²) in [6.07, 6.45) is 0.748. The predicted molar refractivity (Wildman–Crippen MR) is 54.3 cm³/mol. The predicted octanol–water partition coefficient (Wildman–Crippen LogP) is 2.58. The summed E-state index contributed by atoms with van der Waals surface area (Å²) in [5.74, 6) is -0.836. The van der Waals surface area contributed by atoms with E-state index in [0.717, 1.165) is 5.56 Å². The van der Waals surface area contributed by atoms with E-state index < -0.39 is 5.97 Å². The molecule has 0 fully saturated rings. The Kier molecular flexibility index (Phi) is 2.47. The second-order valence-corrected chi connectivity index (χ2v) is 4.19. The Hall–Kier alpha value is -1.38. The zero-order valence-electron chi connectivity index (χ0n) is 8.53. The molecule has 2 unspecified atom stereocenters. The zero-order valence-corrected chi connectivity index (χ0v) is 8.53. The summed E-state index contributed by atoms with van der Waals surface area (Å²) in [5.41, 5.74) is 1.58. The quantitative estimate of drug-likeness (QED) is 0.811. The van der Waals surface area contributed by atoms with Gasteiger partial charge >= 0.3 is 5.97 Å². The first kappa shape index (κ1) is 10.1. The number of halogens is 1. The fourth-order valence-corrected chi connectivity index (χ4v) is 2.41. The highest BCUT2D eigenvalue weighted by molar-refractivity contribution is 5.68. The van der Waals surface area contributed by atoms with Crippen molar-refractivity contribution < 1.29 is 14.3 Å². The number of benzene rings is 1. The maximum absolute atomic E-state index is 13.4. The van der Waals surface area contributed by atoms with Gasteiger partial charge in [0.2, 0.25) is 0 Å². The molecule has 0 bridgehead atoms. The lowest BCUT2D eigenvalue weighted by atomic mass is 9.91. The standard InChI is InChI=1S/C12H13FO2/c1-7-5-10-8(3-2-4-11(10)13)9(7)6-12(14)15/h2-4,7,9H,5-6H2,1H3,(H,14,15). The Morgan fingerprint density at radius 1 is 1.60 bits per heavy atom. The molecular weight excluding hydrogens is 195 g/mol. The summed E-state index contributed by atoms with van der Waals surface area (Å²) in [7, 11) is 0. The van der Waals surface area contributed by atoms with E-state index in [1.807, 2.05) is 13.0 Å². The van der Waals surface area contributed by atoms with Gasteiger partial charge in [0, 0.05) is 0 Å². The van der Waals surface area contributed by atoms with Crippen molar-refractivity contribution in [1.29, 1.82) is 0 Å². The molecule has 0 amide bonds. The molecule has 0 aliphatic heterocycles. The number of aliphatic carboxylic acids is 1. The topological polar surface area (TPSA) is 37.3 Å². The van der Waals surface area contributed by atoms with Crippen LogP contribution < -0.4 is 0 Å². The van der Waals surface area contributed by atoms with Gasteiger partial charge in [-0.25, -0.2) is 4.39 Å². The van der Waals surface area contributed by atoms with Gasteiger partial charge in [-0.3, -0.25) is 4.79 Å². The molecule has 0 saturated heterocycles. The normalized spacial score (nSPS) is 23.9. The molecule has 80 valence electrons. The highest BCUT2D eigenvalue weighted by Gasteiger charge is 2.32. The summed E-state index contributed by atoms with van der Waals surface area (Å²) < 4.78 is 13.4. The first-order valence-electron chi connectivity index (χ1n) is 5.08. The van der Waals surface area contributed by atoms with Crippen molar-refractivity contribution in [2.24, 2.45) is 5.92 Å². The maximum Gasteiger partial charge on any atom is 0.303 e. The Morgan fingerprint density at radius 2 is 2.33 bits per heavy atom. The lowest BCUT2D eigenvalue weighted by Crippen LogP contribution is -2.09. The first-order valence-corrected chi connectivity index (χ1v) is 5.08. The summed E-state index contributed by atoms with van der Waals surface area (Å²) in [6, 6.07) is 4.94. The highest BCUT2D eigenvalue weighted by Crippen LogP contribution is 2.40. The smallest absolute Gasteiger partial charge is 0.303 e. The van der Waals surface area contributed by atoms with Gasteiger partial charge in [-0.1, -0.05) is 19.1 Å². The van der Waals surface area contributed by atoms with Crippen LogP contribution in [0.3, 0.4) is 0 Å². The third-order valence-electron chi connectivity index (χ3n) is 3.16. The van der Waals surface area contributed by atoms with E-state index in [1.165, 1.54) is 6.07 Å². The second-order valence-electron chi connectivity index (χ2n) is 4.19. The molecule has 2 atom stereocenters. The molecule has 1 aliphatic carbocycles. The van der Waals surface area contributed by atoms with E-state index in [4.69, 9.17) is 5.11 Å². The van der Waals surface area contributed by atoms with Crippen LogP contribution in [0.1, 0.15) is 30.4 Å². The number of hydrogen-bond acceptors (Lipinski definition) is 1. The van der Waals surface area contributed by atoms with Gasteiger partial charge < -0.3 is 5.11 Å². The van der Waals surface area contributed by atoms with Gasteiger partial charge in [0.15, 0.2) is 0 Å². The van der Waals surface area contributed by atoms with Crippen LogP contribution in [-0.4, -0.2) is 11.1 Å². The average Bonchev–Trinajstić information content (AvgIpc) is 2.45. The van der Waals surface area contributed by atoms with Crippen LogP contribution in [0.2, 0.25) is 0 Å². The minimum atomic E-state index is -0.816. The number of carbonyl (C=O) groups is 1. The number of carboxylic acids is 1. The number of carboxylic acid groups (broad SMARTS) is 1. The third-order valence-corrected chi connectivity index (χ3v) is 3.16. The van der Waals surface area contributed by atoms with Gasteiger partial charge in [-0.15, -0.1) is 0 Å². The maximum atomic E-state index is 13.4. The first-order chi connectivity index (χ1) is 7.09. The lowest BCUT2D eigenvalue weighted by molar-refractivity contribution is -0.137. The van der Waals surface area contributed by atoms with E-state index in [-0.39, 0.29) is 24.1 Å². The monoisotopic (exact) mass is 208 g/mol. The van der Waals surface area contributed by atoms with Crippen molar-refractivity contribution in [3.8, 4) is 0 Å². The number of rotatable bonds is 2. The Morgan fingerprint density at radius 3 is 3.00 bits per heavy atom. The molecule has 0 saturated carbocycles. The van der Waals surface area contributed by atoms with Crippen LogP contribution in [-0.2, 0) is 11.2 Å². The van der Waals surface area contributed by atoms with Crippen LogP contribution in [0, 0.1) is 11.7 Å². The molecule has 2 rings (SSSR count). The van der Waals surface area contributed by atoms with Gasteiger partial charge in [-0.05, 0) is 35.4 Å². The molecule has 0 spiro atoms. The molecule has 0 heterocycles. The summed E-state index contributed by atoms with van der Waals surface area (Å²) >= 11 is 0. The van der Waals surface area contributed by atoms with Crippen molar-refractivity contribution in [3.05, 3.63) is 35.1 Å². The average molecular weight is 208 g/mol. The van der Waals surface area contributed by atoms with E-state index in [2.05, 4.69) is 0 Å². The lowest BCUT2D eigenvalue weighted by Gasteiger charge is -2.13. The number of hydrogen-bond donors (Lipinski definition) is 1. The van der Waals surface area contributed by atoms with E-state index in [9.17, 15) is 9.18 Å². The third kappa shape index (κ3) is 1.74. The molecule has 1 aromatic carbocycles. The number of fused-ring (bicyclic) bond motifs is 1. The van der Waals surface area contributed by atoms with Crippen LogP contribution >= 0.6 is 0 Å². The Bertz CT molecular complexity index is 401. The SMILES string of the molecule is CC1Cc2c(F)cccc2C1CC(=O)O. The van der Waals surface area contributed by atoms with Crippen LogP contribution in [0.4, 0.5) is 4.39 Å².